The van der Waals surface area contributed by atoms with Crippen molar-refractivity contribution < 1.29 is 12.9 Å². The highest BCUT2D eigenvalue weighted by atomic mass is 32.2. The summed E-state index contributed by atoms with van der Waals surface area (Å²) in [6.45, 7) is 5.18. The standard InChI is InChI=1S/C18H19N3O3S/c1-12-8-10-15(11-9-12)19-16-6-4-5-7-17(16)21-25(22,23)18-13(2)20-24-14(18)3/h4-11,19,21H,1-3H3. The number of nitrogens with one attached hydrogen (secondary N) is 2. The number of sulfonamides is 1. The molecule has 0 radical (unpaired) electrons. The summed E-state index contributed by atoms with van der Waals surface area (Å²) in [4.78, 5) is 0.0673. The van der Waals surface area contributed by atoms with Crippen LogP contribution in [-0.2, 0) is 10.0 Å². The molecule has 130 valence electrons. The first-order valence-corrected chi connectivity index (χ1v) is 9.23. The van der Waals surface area contributed by atoms with Gasteiger partial charge in [-0.25, -0.2) is 8.42 Å². The number of hydrogen-bond acceptors (Lipinski definition) is 5. The van der Waals surface area contributed by atoms with Crippen molar-refractivity contribution in [3.63, 3.8) is 0 Å². The molecule has 25 heavy (non-hydrogen) atoms. The number of benzene rings is 2. The molecule has 0 amide bonds. The van der Waals surface area contributed by atoms with Crippen molar-refractivity contribution in [2.45, 2.75) is 25.7 Å². The smallest absolute Gasteiger partial charge is 0.267 e. The molecule has 0 unspecified atom stereocenters. The molecule has 0 saturated heterocycles. The average Bonchev–Trinajstić information content (AvgIpc) is 2.91. The zero-order chi connectivity index (χ0) is 18.0. The van der Waals surface area contributed by atoms with E-state index < -0.39 is 10.0 Å². The second kappa shape index (κ2) is 6.60. The molecule has 2 N–H and O–H groups in total. The van der Waals surface area contributed by atoms with Crippen LogP contribution in [0.5, 0.6) is 0 Å². The Kier molecular flexibility index (Phi) is 4.50. The molecule has 0 bridgehead atoms. The highest BCUT2D eigenvalue weighted by Gasteiger charge is 2.25. The van der Waals surface area contributed by atoms with Gasteiger partial charge in [0.2, 0.25) is 0 Å². The van der Waals surface area contributed by atoms with Gasteiger partial charge in [-0.05, 0) is 45.0 Å². The summed E-state index contributed by atoms with van der Waals surface area (Å²) in [5.41, 5.74) is 3.45. The van der Waals surface area contributed by atoms with Crippen LogP contribution in [0.3, 0.4) is 0 Å². The van der Waals surface area contributed by atoms with Gasteiger partial charge in [0, 0.05) is 5.69 Å². The average molecular weight is 357 g/mol. The maximum absolute atomic E-state index is 12.7. The van der Waals surface area contributed by atoms with Gasteiger partial charge in [0.15, 0.2) is 10.7 Å². The highest BCUT2D eigenvalue weighted by Crippen LogP contribution is 2.29. The van der Waals surface area contributed by atoms with Gasteiger partial charge < -0.3 is 9.84 Å². The monoisotopic (exact) mass is 357 g/mol. The predicted molar refractivity (Wildman–Crippen MR) is 97.7 cm³/mol. The van der Waals surface area contributed by atoms with Crippen LogP contribution < -0.4 is 10.0 Å². The van der Waals surface area contributed by atoms with E-state index in [4.69, 9.17) is 4.52 Å². The molecule has 0 atom stereocenters. The zero-order valence-corrected chi connectivity index (χ0v) is 15.0. The van der Waals surface area contributed by atoms with E-state index in [1.54, 1.807) is 26.0 Å². The first kappa shape index (κ1) is 17.0. The summed E-state index contributed by atoms with van der Waals surface area (Å²) < 4.78 is 33.0. The first-order valence-electron chi connectivity index (χ1n) is 7.75. The molecule has 3 rings (SSSR count). The highest BCUT2D eigenvalue weighted by molar-refractivity contribution is 7.92. The van der Waals surface area contributed by atoms with Gasteiger partial charge >= 0.3 is 0 Å². The van der Waals surface area contributed by atoms with Gasteiger partial charge in [0.05, 0.1) is 11.4 Å². The fraction of sp³-hybridized carbons (Fsp3) is 0.167. The summed E-state index contributed by atoms with van der Waals surface area (Å²) in [5, 5.41) is 6.94. The summed E-state index contributed by atoms with van der Waals surface area (Å²) >= 11 is 0. The van der Waals surface area contributed by atoms with Gasteiger partial charge in [-0.3, -0.25) is 4.72 Å². The number of para-hydroxylation sites is 2. The zero-order valence-electron chi connectivity index (χ0n) is 14.2. The molecule has 1 heterocycles. The van der Waals surface area contributed by atoms with E-state index in [2.05, 4.69) is 15.2 Å². The fourth-order valence-corrected chi connectivity index (χ4v) is 3.94. The van der Waals surface area contributed by atoms with Crippen molar-refractivity contribution in [3.05, 3.63) is 65.5 Å². The van der Waals surface area contributed by atoms with Gasteiger partial charge in [-0.15, -0.1) is 0 Å². The maximum Gasteiger partial charge on any atom is 0.267 e. The molecule has 0 fully saturated rings. The molecule has 2 aromatic carbocycles. The van der Waals surface area contributed by atoms with Gasteiger partial charge in [-0.2, -0.15) is 0 Å². The summed E-state index contributed by atoms with van der Waals surface area (Å²) in [6, 6.07) is 15.0. The van der Waals surface area contributed by atoms with Crippen LogP contribution in [0.2, 0.25) is 0 Å². The number of nitrogens with zero attached hydrogens (tertiary/aromatic N) is 1. The molecular weight excluding hydrogens is 338 g/mol. The Morgan fingerprint density at radius 3 is 2.16 bits per heavy atom. The van der Waals surface area contributed by atoms with E-state index in [1.807, 2.05) is 43.3 Å². The van der Waals surface area contributed by atoms with Crippen LogP contribution in [-0.4, -0.2) is 13.6 Å². The van der Waals surface area contributed by atoms with Crippen molar-refractivity contribution in [2.24, 2.45) is 0 Å². The Labute approximate surface area is 146 Å². The Balaban J connectivity index is 1.92. The lowest BCUT2D eigenvalue weighted by atomic mass is 10.2. The third-order valence-electron chi connectivity index (χ3n) is 3.74. The second-order valence-electron chi connectivity index (χ2n) is 5.80. The van der Waals surface area contributed by atoms with E-state index in [-0.39, 0.29) is 10.7 Å². The molecule has 3 aromatic rings. The van der Waals surface area contributed by atoms with E-state index in [0.29, 0.717) is 17.1 Å². The Morgan fingerprint density at radius 1 is 0.920 bits per heavy atom. The number of aryl methyl sites for hydroxylation is 3. The second-order valence-corrected chi connectivity index (χ2v) is 7.41. The van der Waals surface area contributed by atoms with Crippen LogP contribution in [0, 0.1) is 20.8 Å². The minimum atomic E-state index is -3.80. The summed E-state index contributed by atoms with van der Waals surface area (Å²) in [6.07, 6.45) is 0. The van der Waals surface area contributed by atoms with Crippen molar-refractivity contribution in [1.29, 1.82) is 0 Å². The van der Waals surface area contributed by atoms with Crippen molar-refractivity contribution >= 4 is 27.1 Å². The van der Waals surface area contributed by atoms with Crippen molar-refractivity contribution in [1.82, 2.24) is 5.16 Å². The molecule has 6 nitrogen and oxygen atoms in total. The maximum atomic E-state index is 12.7. The lowest BCUT2D eigenvalue weighted by molar-refractivity contribution is 0.390. The first-order chi connectivity index (χ1) is 11.9. The predicted octanol–water partition coefficient (Wildman–Crippen LogP) is 4.14. The van der Waals surface area contributed by atoms with E-state index in [0.717, 1.165) is 11.3 Å². The minimum absolute atomic E-state index is 0.0673. The number of anilines is 3. The molecule has 0 aliphatic heterocycles. The number of rotatable bonds is 5. The molecular formula is C18H19N3O3S. The van der Waals surface area contributed by atoms with Crippen LogP contribution in [0.15, 0.2) is 57.9 Å². The Morgan fingerprint density at radius 2 is 1.56 bits per heavy atom. The summed E-state index contributed by atoms with van der Waals surface area (Å²) in [7, 11) is -3.80. The molecule has 0 aliphatic rings. The Hall–Kier alpha value is -2.80. The molecule has 0 spiro atoms. The SMILES string of the molecule is Cc1ccc(Nc2ccccc2NS(=O)(=O)c2c(C)noc2C)cc1. The lowest BCUT2D eigenvalue weighted by Gasteiger charge is -2.14. The number of hydrogen-bond donors (Lipinski definition) is 2. The molecule has 1 aromatic heterocycles. The third-order valence-corrected chi connectivity index (χ3v) is 5.35. The van der Waals surface area contributed by atoms with Crippen LogP contribution in [0.25, 0.3) is 0 Å². The van der Waals surface area contributed by atoms with Gasteiger partial charge in [0.25, 0.3) is 10.0 Å². The quantitative estimate of drug-likeness (QED) is 0.717. The van der Waals surface area contributed by atoms with Crippen LogP contribution >= 0.6 is 0 Å². The summed E-state index contributed by atoms with van der Waals surface area (Å²) in [5.74, 6) is 0.258. The normalized spacial score (nSPS) is 11.3. The molecule has 0 saturated carbocycles. The third kappa shape index (κ3) is 3.66. The topological polar surface area (TPSA) is 84.2 Å². The van der Waals surface area contributed by atoms with E-state index in [9.17, 15) is 8.42 Å². The van der Waals surface area contributed by atoms with Crippen molar-refractivity contribution in [2.75, 3.05) is 10.0 Å². The molecule has 7 heteroatoms. The Bertz CT molecular complexity index is 973. The van der Waals surface area contributed by atoms with Gasteiger partial charge in [-0.1, -0.05) is 35.0 Å². The van der Waals surface area contributed by atoms with Crippen molar-refractivity contribution in [3.8, 4) is 0 Å². The van der Waals surface area contributed by atoms with Crippen LogP contribution in [0.4, 0.5) is 17.1 Å². The number of aromatic nitrogens is 1. The van der Waals surface area contributed by atoms with Crippen LogP contribution in [0.1, 0.15) is 17.0 Å². The largest absolute Gasteiger partial charge is 0.360 e. The minimum Gasteiger partial charge on any atom is -0.360 e. The fourth-order valence-electron chi connectivity index (χ4n) is 2.53. The van der Waals surface area contributed by atoms with E-state index >= 15 is 0 Å². The lowest BCUT2D eigenvalue weighted by Crippen LogP contribution is -2.15. The van der Waals surface area contributed by atoms with Gasteiger partial charge in [0.1, 0.15) is 5.69 Å². The van der Waals surface area contributed by atoms with E-state index in [1.165, 1.54) is 0 Å². The molecule has 0 aliphatic carbocycles.